The van der Waals surface area contributed by atoms with Crippen LogP contribution in [0, 0.1) is 0 Å². The fourth-order valence-corrected chi connectivity index (χ4v) is 3.15. The highest BCUT2D eigenvalue weighted by Gasteiger charge is 2.45. The average molecular weight is 373 g/mol. The second-order valence-corrected chi connectivity index (χ2v) is 6.17. The lowest BCUT2D eigenvalue weighted by Crippen LogP contribution is -2.54. The molecule has 9 heteroatoms. The number of carbonyl (C=O) groups excluding carboxylic acids is 5. The summed E-state index contributed by atoms with van der Waals surface area (Å²) in [6.45, 7) is 1.03. The van der Waals surface area contributed by atoms with Gasteiger partial charge in [-0.15, -0.1) is 0 Å². The third kappa shape index (κ3) is 3.72. The van der Waals surface area contributed by atoms with Crippen LogP contribution in [0.25, 0.3) is 0 Å². The molecule has 1 unspecified atom stereocenters. The van der Waals surface area contributed by atoms with E-state index < -0.39 is 29.7 Å². The summed E-state index contributed by atoms with van der Waals surface area (Å²) in [7, 11) is 0. The first-order valence-corrected chi connectivity index (χ1v) is 8.64. The molecule has 2 aliphatic heterocycles. The van der Waals surface area contributed by atoms with Crippen molar-refractivity contribution >= 4 is 35.6 Å². The molecule has 4 amide bonds. The van der Waals surface area contributed by atoms with E-state index in [0.717, 1.165) is 11.2 Å². The Morgan fingerprint density at radius 1 is 1.19 bits per heavy atom. The van der Waals surface area contributed by atoms with Crippen LogP contribution in [-0.2, 0) is 19.1 Å². The van der Waals surface area contributed by atoms with Crippen molar-refractivity contribution in [2.75, 3.05) is 25.1 Å². The number of amides is 4. The smallest absolute Gasteiger partial charge is 0.264 e. The van der Waals surface area contributed by atoms with Crippen LogP contribution in [0.3, 0.4) is 0 Å². The first-order valence-electron chi connectivity index (χ1n) is 8.64. The summed E-state index contributed by atoms with van der Waals surface area (Å²) in [5.74, 6) is -2.16. The molecule has 0 bridgehead atoms. The molecule has 1 aromatic rings. The number of aldehydes is 1. The van der Waals surface area contributed by atoms with Crippen molar-refractivity contribution in [2.24, 2.45) is 0 Å². The number of hydrogen-bond acceptors (Lipinski definition) is 7. The predicted molar refractivity (Wildman–Crippen MR) is 93.1 cm³/mol. The van der Waals surface area contributed by atoms with Gasteiger partial charge in [-0.25, -0.2) is 0 Å². The minimum Gasteiger partial charge on any atom is -0.382 e. The van der Waals surface area contributed by atoms with Crippen molar-refractivity contribution in [1.82, 2.24) is 10.2 Å². The molecule has 3 rings (SSSR count). The maximum absolute atomic E-state index is 12.9. The number of piperidine rings is 1. The van der Waals surface area contributed by atoms with E-state index in [0.29, 0.717) is 31.9 Å². The number of anilines is 1. The summed E-state index contributed by atoms with van der Waals surface area (Å²) >= 11 is 0. The zero-order valence-electron chi connectivity index (χ0n) is 14.5. The lowest BCUT2D eigenvalue weighted by molar-refractivity contribution is -0.136. The van der Waals surface area contributed by atoms with E-state index in [1.165, 1.54) is 6.07 Å². The van der Waals surface area contributed by atoms with Crippen molar-refractivity contribution < 1.29 is 28.7 Å². The summed E-state index contributed by atoms with van der Waals surface area (Å²) in [6.07, 6.45) is 1.27. The standard InChI is InChI=1S/C18H19N3O6/c22-8-2-9-27-10-7-19-12-4-1-3-11-15(12)18(26)21(17(11)25)13-5-6-14(23)20-16(13)24/h1,3-4,8,13,19H,2,5-7,9-10H2,(H,20,23,24). The van der Waals surface area contributed by atoms with Crippen LogP contribution in [-0.4, -0.2) is 60.6 Å². The summed E-state index contributed by atoms with van der Waals surface area (Å²) < 4.78 is 5.26. The maximum atomic E-state index is 12.9. The molecule has 1 saturated heterocycles. The van der Waals surface area contributed by atoms with E-state index in [-0.39, 0.29) is 24.0 Å². The van der Waals surface area contributed by atoms with Crippen LogP contribution in [0.2, 0.25) is 0 Å². The van der Waals surface area contributed by atoms with E-state index >= 15 is 0 Å². The summed E-state index contributed by atoms with van der Waals surface area (Å²) in [5.41, 5.74) is 0.899. The molecule has 0 saturated carbocycles. The molecule has 0 radical (unpaired) electrons. The Balaban J connectivity index is 1.73. The van der Waals surface area contributed by atoms with Crippen molar-refractivity contribution in [3.8, 4) is 0 Å². The van der Waals surface area contributed by atoms with Crippen molar-refractivity contribution in [3.63, 3.8) is 0 Å². The number of carbonyl (C=O) groups is 5. The molecule has 1 atom stereocenters. The minimum atomic E-state index is -0.991. The first-order chi connectivity index (χ1) is 13.0. The Morgan fingerprint density at radius 3 is 2.74 bits per heavy atom. The van der Waals surface area contributed by atoms with Gasteiger partial charge in [0.05, 0.1) is 24.3 Å². The third-order valence-electron chi connectivity index (χ3n) is 4.41. The van der Waals surface area contributed by atoms with Gasteiger partial charge in [-0.3, -0.25) is 29.4 Å². The van der Waals surface area contributed by atoms with Crippen LogP contribution >= 0.6 is 0 Å². The number of imide groups is 2. The van der Waals surface area contributed by atoms with Gasteiger partial charge < -0.3 is 14.8 Å². The van der Waals surface area contributed by atoms with Crippen LogP contribution < -0.4 is 10.6 Å². The number of fused-ring (bicyclic) bond motifs is 1. The van der Waals surface area contributed by atoms with Crippen molar-refractivity contribution in [2.45, 2.75) is 25.3 Å². The number of hydrogen-bond donors (Lipinski definition) is 2. The van der Waals surface area contributed by atoms with Gasteiger partial charge in [0.15, 0.2) is 0 Å². The van der Waals surface area contributed by atoms with Crippen LogP contribution in [0.4, 0.5) is 5.69 Å². The fourth-order valence-electron chi connectivity index (χ4n) is 3.15. The highest BCUT2D eigenvalue weighted by molar-refractivity contribution is 6.25. The first kappa shape index (κ1) is 18.7. The Bertz CT molecular complexity index is 806. The van der Waals surface area contributed by atoms with Crippen LogP contribution in [0.1, 0.15) is 40.0 Å². The zero-order valence-corrected chi connectivity index (χ0v) is 14.5. The van der Waals surface area contributed by atoms with E-state index in [1.54, 1.807) is 12.1 Å². The molecule has 9 nitrogen and oxygen atoms in total. The topological polar surface area (TPSA) is 122 Å². The predicted octanol–water partition coefficient (Wildman–Crippen LogP) is 0.105. The third-order valence-corrected chi connectivity index (χ3v) is 4.41. The fraction of sp³-hybridized carbons (Fsp3) is 0.389. The van der Waals surface area contributed by atoms with E-state index in [4.69, 9.17) is 4.74 Å². The maximum Gasteiger partial charge on any atom is 0.264 e. The second kappa shape index (κ2) is 8.09. The molecule has 2 N–H and O–H groups in total. The summed E-state index contributed by atoms with van der Waals surface area (Å²) in [5, 5.41) is 5.21. The number of benzene rings is 1. The molecule has 27 heavy (non-hydrogen) atoms. The molecular weight excluding hydrogens is 354 g/mol. The molecule has 0 aromatic heterocycles. The summed E-state index contributed by atoms with van der Waals surface area (Å²) in [6, 6.07) is 3.86. The number of rotatable bonds is 8. The van der Waals surface area contributed by atoms with Gasteiger partial charge in [-0.2, -0.15) is 0 Å². The van der Waals surface area contributed by atoms with Gasteiger partial charge in [-0.1, -0.05) is 6.07 Å². The van der Waals surface area contributed by atoms with Gasteiger partial charge >= 0.3 is 0 Å². The summed E-state index contributed by atoms with van der Waals surface area (Å²) in [4.78, 5) is 60.1. The lowest BCUT2D eigenvalue weighted by Gasteiger charge is -2.27. The molecule has 142 valence electrons. The average Bonchev–Trinajstić information content (AvgIpc) is 2.90. The second-order valence-electron chi connectivity index (χ2n) is 6.17. The van der Waals surface area contributed by atoms with Gasteiger partial charge in [-0.05, 0) is 18.6 Å². The zero-order chi connectivity index (χ0) is 19.4. The Labute approximate surface area is 155 Å². The molecular formula is C18H19N3O6. The number of nitrogens with zero attached hydrogens (tertiary/aromatic N) is 1. The van der Waals surface area contributed by atoms with Gasteiger partial charge in [0, 0.05) is 25.1 Å². The molecule has 1 aromatic carbocycles. The largest absolute Gasteiger partial charge is 0.382 e. The minimum absolute atomic E-state index is 0.0764. The van der Waals surface area contributed by atoms with Crippen LogP contribution in [0.15, 0.2) is 18.2 Å². The lowest BCUT2D eigenvalue weighted by atomic mass is 10.0. The SMILES string of the molecule is O=CCCOCCNc1cccc2c1C(=O)N(C1CCC(=O)NC1=O)C2=O. The quantitative estimate of drug-likeness (QED) is 0.377. The number of ether oxygens (including phenoxy) is 1. The van der Waals surface area contributed by atoms with Crippen molar-refractivity contribution in [1.29, 1.82) is 0 Å². The molecule has 2 aliphatic rings. The van der Waals surface area contributed by atoms with Gasteiger partial charge in [0.25, 0.3) is 11.8 Å². The van der Waals surface area contributed by atoms with Crippen molar-refractivity contribution in [3.05, 3.63) is 29.3 Å². The Hall–Kier alpha value is -3.07. The molecule has 1 fully saturated rings. The monoisotopic (exact) mass is 373 g/mol. The van der Waals surface area contributed by atoms with Gasteiger partial charge in [0.1, 0.15) is 12.3 Å². The van der Waals surface area contributed by atoms with Gasteiger partial charge in [0.2, 0.25) is 11.8 Å². The Kier molecular flexibility index (Phi) is 5.60. The highest BCUT2D eigenvalue weighted by atomic mass is 16.5. The molecule has 2 heterocycles. The molecule has 0 aliphatic carbocycles. The highest BCUT2D eigenvalue weighted by Crippen LogP contribution is 2.32. The van der Waals surface area contributed by atoms with Crippen LogP contribution in [0.5, 0.6) is 0 Å². The molecule has 0 spiro atoms. The van der Waals surface area contributed by atoms with E-state index in [1.807, 2.05) is 0 Å². The number of nitrogens with one attached hydrogen (secondary N) is 2. The Morgan fingerprint density at radius 2 is 2.00 bits per heavy atom. The van der Waals surface area contributed by atoms with E-state index in [9.17, 15) is 24.0 Å². The normalized spacial score (nSPS) is 19.1. The van der Waals surface area contributed by atoms with E-state index in [2.05, 4.69) is 10.6 Å².